The molecule has 4 bridgehead atoms. The molecule has 4 aliphatic carbocycles. The van der Waals surface area contributed by atoms with Crippen molar-refractivity contribution in [3.63, 3.8) is 0 Å². The Kier molecular flexibility index (Phi) is 4.00. The number of nitrogens with zero attached hydrogens (tertiary/aromatic N) is 1. The van der Waals surface area contributed by atoms with E-state index >= 15 is 0 Å². The zero-order valence-electron chi connectivity index (χ0n) is 14.0. The predicted molar refractivity (Wildman–Crippen MR) is 91.3 cm³/mol. The predicted octanol–water partition coefficient (Wildman–Crippen LogP) is 5.66. The smallest absolute Gasteiger partial charge is 0.0270 e. The Morgan fingerprint density at radius 3 is 2.27 bits per heavy atom. The van der Waals surface area contributed by atoms with Crippen LogP contribution in [0.25, 0.3) is 0 Å². The van der Waals surface area contributed by atoms with E-state index in [1.54, 1.807) is 38.5 Å². The van der Waals surface area contributed by atoms with E-state index < -0.39 is 0 Å². The van der Waals surface area contributed by atoms with Gasteiger partial charge in [0, 0.05) is 12.4 Å². The monoisotopic (exact) mass is 296 g/mol. The second kappa shape index (κ2) is 5.98. The van der Waals surface area contributed by atoms with E-state index in [1.807, 2.05) is 12.4 Å². The summed E-state index contributed by atoms with van der Waals surface area (Å²) in [6.07, 6.45) is 19.8. The number of hydrogen-bond acceptors (Lipinski definition) is 1. The van der Waals surface area contributed by atoms with Crippen LogP contribution in [0.15, 0.2) is 24.5 Å². The van der Waals surface area contributed by atoms with Crippen LogP contribution in [0.5, 0.6) is 0 Å². The van der Waals surface area contributed by atoms with Crippen molar-refractivity contribution < 1.29 is 0 Å². The molecule has 1 heterocycles. The Labute approximate surface area is 135 Å². The summed E-state index contributed by atoms with van der Waals surface area (Å²) in [5.74, 6) is 4.13. The molecule has 4 aliphatic rings. The van der Waals surface area contributed by atoms with Crippen LogP contribution in [0.3, 0.4) is 0 Å². The Bertz CT molecular complexity index is 457. The maximum atomic E-state index is 4.09. The first-order chi connectivity index (χ1) is 10.7. The fourth-order valence-corrected chi connectivity index (χ4v) is 6.10. The van der Waals surface area contributed by atoms with Gasteiger partial charge in [-0.1, -0.05) is 13.3 Å². The SMILES string of the molecule is CC(C[CH]c1ccncc1)CCC12CC3CC(CC(C3)C1)C2. The molecule has 4 fully saturated rings. The third-order valence-electron chi connectivity index (χ3n) is 6.79. The quantitative estimate of drug-likeness (QED) is 0.660. The van der Waals surface area contributed by atoms with Crippen molar-refractivity contribution in [3.05, 3.63) is 36.5 Å². The van der Waals surface area contributed by atoms with Gasteiger partial charge in [-0.15, -0.1) is 0 Å². The molecule has 5 rings (SSSR count). The minimum Gasteiger partial charge on any atom is -0.265 e. The van der Waals surface area contributed by atoms with Crippen LogP contribution in [0.4, 0.5) is 0 Å². The third kappa shape index (κ3) is 3.09. The molecule has 0 amide bonds. The molecule has 0 N–H and O–H groups in total. The van der Waals surface area contributed by atoms with Crippen LogP contribution in [0.1, 0.15) is 70.3 Å². The summed E-state index contributed by atoms with van der Waals surface area (Å²) in [6.45, 7) is 2.44. The van der Waals surface area contributed by atoms with Gasteiger partial charge < -0.3 is 0 Å². The van der Waals surface area contributed by atoms with Crippen molar-refractivity contribution in [1.82, 2.24) is 4.98 Å². The van der Waals surface area contributed by atoms with Crippen molar-refractivity contribution in [2.45, 2.75) is 64.7 Å². The number of pyridine rings is 1. The van der Waals surface area contributed by atoms with E-state index in [0.29, 0.717) is 0 Å². The second-order valence-corrected chi connectivity index (χ2v) is 8.78. The number of rotatable bonds is 6. The highest BCUT2D eigenvalue weighted by Crippen LogP contribution is 2.61. The Balaban J connectivity index is 1.27. The van der Waals surface area contributed by atoms with Gasteiger partial charge in [0.1, 0.15) is 0 Å². The van der Waals surface area contributed by atoms with Crippen molar-refractivity contribution in [2.24, 2.45) is 29.1 Å². The Morgan fingerprint density at radius 1 is 1.09 bits per heavy atom. The first-order valence-corrected chi connectivity index (χ1v) is 9.44. The average molecular weight is 296 g/mol. The lowest BCUT2D eigenvalue weighted by Crippen LogP contribution is -2.46. The summed E-state index contributed by atoms with van der Waals surface area (Å²) in [7, 11) is 0. The first kappa shape index (κ1) is 14.7. The molecule has 0 aliphatic heterocycles. The zero-order chi connectivity index (χ0) is 15.0. The van der Waals surface area contributed by atoms with Crippen molar-refractivity contribution in [3.8, 4) is 0 Å². The summed E-state index contributed by atoms with van der Waals surface area (Å²) in [6, 6.07) is 4.23. The minimum atomic E-state index is 0.764. The lowest BCUT2D eigenvalue weighted by molar-refractivity contribution is -0.0597. The first-order valence-electron chi connectivity index (χ1n) is 9.44. The van der Waals surface area contributed by atoms with Gasteiger partial charge in [-0.05, 0) is 105 Å². The summed E-state index contributed by atoms with van der Waals surface area (Å²) in [4.78, 5) is 4.09. The molecular formula is C21H30N. The van der Waals surface area contributed by atoms with Gasteiger partial charge in [0.05, 0.1) is 0 Å². The van der Waals surface area contributed by atoms with E-state index in [-0.39, 0.29) is 0 Å². The van der Waals surface area contributed by atoms with E-state index in [1.165, 1.54) is 24.8 Å². The van der Waals surface area contributed by atoms with Gasteiger partial charge in [0.25, 0.3) is 0 Å². The second-order valence-electron chi connectivity index (χ2n) is 8.78. The fourth-order valence-electron chi connectivity index (χ4n) is 6.10. The van der Waals surface area contributed by atoms with Gasteiger partial charge in [-0.25, -0.2) is 0 Å². The van der Waals surface area contributed by atoms with Gasteiger partial charge in [0.15, 0.2) is 0 Å². The van der Waals surface area contributed by atoms with Crippen LogP contribution in [-0.4, -0.2) is 4.98 Å². The molecule has 0 saturated heterocycles. The summed E-state index contributed by atoms with van der Waals surface area (Å²) in [5, 5.41) is 0. The van der Waals surface area contributed by atoms with Gasteiger partial charge >= 0.3 is 0 Å². The fraction of sp³-hybridized carbons (Fsp3) is 0.714. The molecule has 22 heavy (non-hydrogen) atoms. The maximum absolute atomic E-state index is 4.09. The van der Waals surface area contributed by atoms with E-state index in [2.05, 4.69) is 30.5 Å². The van der Waals surface area contributed by atoms with E-state index in [0.717, 1.165) is 29.1 Å². The lowest BCUT2D eigenvalue weighted by Gasteiger charge is -2.57. The summed E-state index contributed by atoms with van der Waals surface area (Å²) < 4.78 is 0. The van der Waals surface area contributed by atoms with Crippen LogP contribution in [0, 0.1) is 35.5 Å². The Morgan fingerprint density at radius 2 is 1.68 bits per heavy atom. The zero-order valence-corrected chi connectivity index (χ0v) is 14.0. The van der Waals surface area contributed by atoms with Crippen LogP contribution < -0.4 is 0 Å². The van der Waals surface area contributed by atoms with Crippen molar-refractivity contribution in [1.29, 1.82) is 0 Å². The minimum absolute atomic E-state index is 0.764. The van der Waals surface area contributed by atoms with Crippen LogP contribution in [0.2, 0.25) is 0 Å². The molecule has 1 aromatic heterocycles. The largest absolute Gasteiger partial charge is 0.265 e. The van der Waals surface area contributed by atoms with Gasteiger partial charge in [-0.2, -0.15) is 0 Å². The van der Waals surface area contributed by atoms with Crippen LogP contribution >= 0.6 is 0 Å². The summed E-state index contributed by atoms with van der Waals surface area (Å²) >= 11 is 0. The van der Waals surface area contributed by atoms with Crippen molar-refractivity contribution >= 4 is 0 Å². The average Bonchev–Trinajstić information content (AvgIpc) is 2.51. The molecule has 1 heteroatoms. The van der Waals surface area contributed by atoms with Gasteiger partial charge in [-0.3, -0.25) is 4.98 Å². The van der Waals surface area contributed by atoms with Crippen molar-refractivity contribution in [2.75, 3.05) is 0 Å². The molecule has 4 saturated carbocycles. The third-order valence-corrected chi connectivity index (χ3v) is 6.79. The molecule has 1 unspecified atom stereocenters. The van der Waals surface area contributed by atoms with E-state index in [9.17, 15) is 0 Å². The highest BCUT2D eigenvalue weighted by atomic mass is 14.6. The van der Waals surface area contributed by atoms with Gasteiger partial charge in [0.2, 0.25) is 0 Å². The number of aromatic nitrogens is 1. The molecule has 1 nitrogen and oxygen atoms in total. The molecular weight excluding hydrogens is 266 g/mol. The normalized spacial score (nSPS) is 37.4. The lowest BCUT2D eigenvalue weighted by atomic mass is 9.48. The van der Waals surface area contributed by atoms with Crippen LogP contribution in [-0.2, 0) is 0 Å². The Hall–Kier alpha value is -0.850. The molecule has 119 valence electrons. The number of hydrogen-bond donors (Lipinski definition) is 0. The molecule has 0 spiro atoms. The standard InChI is InChI=1S/C21H30N/c1-16(2-3-17-5-8-22-9-6-17)4-7-21-13-18-10-19(14-21)12-20(11-18)15-21/h3,5-6,8-9,16,18-20H,2,4,7,10-15H2,1H3. The van der Waals surface area contributed by atoms with E-state index in [4.69, 9.17) is 0 Å². The molecule has 1 aromatic rings. The highest BCUT2D eigenvalue weighted by Gasteiger charge is 2.50. The molecule has 0 aromatic carbocycles. The molecule has 1 radical (unpaired) electrons. The summed E-state index contributed by atoms with van der Waals surface area (Å²) in [5.41, 5.74) is 2.09. The maximum Gasteiger partial charge on any atom is 0.0270 e. The highest BCUT2D eigenvalue weighted by molar-refractivity contribution is 5.18. The topological polar surface area (TPSA) is 12.9 Å². The molecule has 1 atom stereocenters.